The average Bonchev–Trinajstić information content (AvgIpc) is 2.64. The van der Waals surface area contributed by atoms with Crippen LogP contribution in [0.5, 0.6) is 0 Å². The smallest absolute Gasteiger partial charge is 0.173 e. The minimum atomic E-state index is -1.59. The molecule has 0 aromatic rings. The molecule has 196 valence electrons. The van der Waals surface area contributed by atoms with Crippen molar-refractivity contribution >= 4 is 16.6 Å². The average molecular weight is 499 g/mol. The molecule has 2 aliphatic carbocycles. The van der Waals surface area contributed by atoms with Gasteiger partial charge in [-0.2, -0.15) is 0 Å². The van der Waals surface area contributed by atoms with E-state index in [0.717, 1.165) is 11.8 Å². The molecule has 0 atom stereocenters. The Morgan fingerprint density at radius 2 is 0.848 bits per heavy atom. The molecule has 0 saturated heterocycles. The van der Waals surface area contributed by atoms with Crippen molar-refractivity contribution in [2.75, 3.05) is 0 Å². The predicted molar refractivity (Wildman–Crippen MR) is 148 cm³/mol. The molecule has 0 bridgehead atoms. The van der Waals surface area contributed by atoms with Crippen molar-refractivity contribution in [2.45, 2.75) is 167 Å². The fourth-order valence-electron chi connectivity index (χ4n) is 6.03. The minimum Gasteiger partial charge on any atom is -0.455 e. The third-order valence-corrected chi connectivity index (χ3v) is 14.9. The molecule has 2 saturated carbocycles. The highest BCUT2D eigenvalue weighted by Gasteiger charge is 2.35. The van der Waals surface area contributed by atoms with E-state index >= 15 is 0 Å². The lowest BCUT2D eigenvalue weighted by atomic mass is 9.85. The van der Waals surface area contributed by atoms with E-state index in [0.29, 0.717) is 12.2 Å². The molecule has 0 heterocycles. The van der Waals surface area contributed by atoms with E-state index < -0.39 is 16.6 Å². The van der Waals surface area contributed by atoms with Gasteiger partial charge >= 0.3 is 0 Å². The van der Waals surface area contributed by atoms with Gasteiger partial charge in [-0.25, -0.2) is 0 Å². The molecule has 2 fully saturated rings. The summed E-state index contributed by atoms with van der Waals surface area (Å²) in [6.45, 7) is 23.0. The van der Waals surface area contributed by atoms with Crippen molar-refractivity contribution in [1.29, 1.82) is 0 Å². The molecule has 0 unspecified atom stereocenters. The van der Waals surface area contributed by atoms with Gasteiger partial charge in [-0.05, 0) is 143 Å². The Morgan fingerprint density at radius 1 is 0.545 bits per heavy atom. The first-order valence-electron chi connectivity index (χ1n) is 14.1. The molecule has 2 rings (SSSR count). The molecule has 0 spiro atoms. The maximum atomic E-state index is 7.01. The van der Waals surface area contributed by atoms with Gasteiger partial charge in [0.05, 0.1) is 23.4 Å². The van der Waals surface area contributed by atoms with Crippen LogP contribution in [0.3, 0.4) is 0 Å². The van der Waals surface area contributed by atoms with Crippen LogP contribution in [0.1, 0.15) is 106 Å². The second-order valence-corrected chi connectivity index (χ2v) is 23.3. The summed E-state index contributed by atoms with van der Waals surface area (Å²) in [7, 11) is -3.18. The maximum Gasteiger partial charge on any atom is 0.173 e. The Morgan fingerprint density at radius 3 is 1.12 bits per heavy atom. The lowest BCUT2D eigenvalue weighted by molar-refractivity contribution is -0.0787. The molecule has 3 nitrogen and oxygen atoms in total. The van der Waals surface area contributed by atoms with Crippen molar-refractivity contribution in [3.05, 3.63) is 0 Å². The normalized spacial score (nSPS) is 28.2. The van der Waals surface area contributed by atoms with E-state index in [1.165, 1.54) is 76.3 Å². The molecular weight excluding hydrogens is 440 g/mol. The zero-order valence-corrected chi connectivity index (χ0v) is 26.0. The topological polar surface area (TPSA) is 27.7 Å². The second-order valence-electron chi connectivity index (χ2n) is 14.4. The van der Waals surface area contributed by atoms with Gasteiger partial charge in [-0.15, -0.1) is 0 Å². The van der Waals surface area contributed by atoms with Crippen LogP contribution in [0.15, 0.2) is 0 Å². The number of rotatable bonds is 10. The highest BCUT2D eigenvalue weighted by Crippen LogP contribution is 2.36. The van der Waals surface area contributed by atoms with Gasteiger partial charge in [-0.1, -0.05) is 12.8 Å². The van der Waals surface area contributed by atoms with Crippen LogP contribution in [-0.4, -0.2) is 40.0 Å². The van der Waals surface area contributed by atoms with Gasteiger partial charge in [0.2, 0.25) is 0 Å². The zero-order valence-electron chi connectivity index (χ0n) is 24.0. The van der Waals surface area contributed by atoms with Crippen molar-refractivity contribution in [3.63, 3.8) is 0 Å². The molecule has 0 aromatic heterocycles. The van der Waals surface area contributed by atoms with Crippen molar-refractivity contribution < 1.29 is 13.6 Å². The molecule has 0 amide bonds. The van der Waals surface area contributed by atoms with E-state index in [-0.39, 0.29) is 11.2 Å². The molecule has 2 aliphatic rings. The summed E-state index contributed by atoms with van der Waals surface area (Å²) >= 11 is 0. The third-order valence-electron chi connectivity index (χ3n) is 7.49. The highest BCUT2D eigenvalue weighted by molar-refractivity contribution is 6.84. The Labute approximate surface area is 209 Å². The van der Waals surface area contributed by atoms with E-state index in [1.54, 1.807) is 0 Å². The molecule has 5 heteroatoms. The van der Waals surface area contributed by atoms with E-state index in [2.05, 4.69) is 67.7 Å². The van der Waals surface area contributed by atoms with Gasteiger partial charge in [0.15, 0.2) is 16.6 Å². The molecule has 0 radical (unpaired) electrons. The molecule has 33 heavy (non-hydrogen) atoms. The standard InChI is InChI=1S/C28H58O3Si2/c1-27(2,3)29-25-15-11-23(12-16-25)19-21-32(7,8)31-33(9,10)22-20-24-13-17-26(18-14-24)30-28(4,5)6/h23-26H,11-22H2,1-10H3. The van der Waals surface area contributed by atoms with Gasteiger partial charge < -0.3 is 13.6 Å². The summed E-state index contributed by atoms with van der Waals surface area (Å²) in [5, 5.41) is 0. The van der Waals surface area contributed by atoms with E-state index in [4.69, 9.17) is 13.6 Å². The molecule has 0 aromatic carbocycles. The summed E-state index contributed by atoms with van der Waals surface area (Å²) in [6, 6.07) is 2.66. The van der Waals surface area contributed by atoms with Crippen molar-refractivity contribution in [3.8, 4) is 0 Å². The quantitative estimate of drug-likeness (QED) is 0.281. The number of hydrogen-bond donors (Lipinski definition) is 0. The zero-order chi connectivity index (χ0) is 24.9. The minimum absolute atomic E-state index is 0.00397. The van der Waals surface area contributed by atoms with Crippen LogP contribution in [0.2, 0.25) is 38.3 Å². The fraction of sp³-hybridized carbons (Fsp3) is 1.00. The van der Waals surface area contributed by atoms with Gasteiger partial charge in [0.25, 0.3) is 0 Å². The predicted octanol–water partition coefficient (Wildman–Crippen LogP) is 8.94. The van der Waals surface area contributed by atoms with Crippen LogP contribution in [0.4, 0.5) is 0 Å². The first-order valence-corrected chi connectivity index (χ1v) is 20.3. The third kappa shape index (κ3) is 12.7. The Bertz CT molecular complexity index is 511. The number of ether oxygens (including phenoxy) is 2. The van der Waals surface area contributed by atoms with Gasteiger partial charge in [-0.3, -0.25) is 0 Å². The summed E-state index contributed by atoms with van der Waals surface area (Å²) in [6.07, 6.45) is 14.0. The van der Waals surface area contributed by atoms with Crippen LogP contribution < -0.4 is 0 Å². The first-order chi connectivity index (χ1) is 15.0. The largest absolute Gasteiger partial charge is 0.455 e. The molecule has 0 aliphatic heterocycles. The summed E-state index contributed by atoms with van der Waals surface area (Å²) in [5.41, 5.74) is -0.00795. The van der Waals surface area contributed by atoms with Crippen molar-refractivity contribution in [1.82, 2.24) is 0 Å². The van der Waals surface area contributed by atoms with Crippen LogP contribution in [-0.2, 0) is 13.6 Å². The van der Waals surface area contributed by atoms with E-state index in [1.807, 2.05) is 0 Å². The SMILES string of the molecule is CC(C)(C)OC1CCC(CC[Si](C)(C)O[Si](C)(C)CCC2CCC(OC(C)(C)C)CC2)CC1. The Kier molecular flexibility index (Phi) is 10.8. The first kappa shape index (κ1) is 29.5. The van der Waals surface area contributed by atoms with Crippen LogP contribution >= 0.6 is 0 Å². The van der Waals surface area contributed by atoms with Crippen LogP contribution in [0.25, 0.3) is 0 Å². The second kappa shape index (κ2) is 12.0. The lowest BCUT2D eigenvalue weighted by Crippen LogP contribution is -2.44. The van der Waals surface area contributed by atoms with E-state index in [9.17, 15) is 0 Å². The highest BCUT2D eigenvalue weighted by atomic mass is 28.4. The summed E-state index contributed by atoms with van der Waals surface area (Å²) in [5.74, 6) is 1.77. The number of hydrogen-bond acceptors (Lipinski definition) is 3. The summed E-state index contributed by atoms with van der Waals surface area (Å²) in [4.78, 5) is 0. The fourth-order valence-corrected chi connectivity index (χ4v) is 15.0. The van der Waals surface area contributed by atoms with Gasteiger partial charge in [0, 0.05) is 0 Å². The Hall–Kier alpha value is 0.314. The van der Waals surface area contributed by atoms with Gasteiger partial charge in [0.1, 0.15) is 0 Å². The molecule has 0 N–H and O–H groups in total. The Balaban J connectivity index is 1.67. The monoisotopic (exact) mass is 498 g/mol. The molecular formula is C28H58O3Si2. The van der Waals surface area contributed by atoms with Crippen LogP contribution in [0, 0.1) is 11.8 Å². The lowest BCUT2D eigenvalue weighted by Gasteiger charge is -2.38. The van der Waals surface area contributed by atoms with Crippen molar-refractivity contribution in [2.24, 2.45) is 11.8 Å². The summed E-state index contributed by atoms with van der Waals surface area (Å²) < 4.78 is 19.5. The maximum absolute atomic E-state index is 7.01.